The standard InChI is InChI=1S/C14H15FN2O/c1-10(18)11-7-8-14(16-9-11)17(2)13-6-4-3-5-12(13)15/h3-10,18H,1-2H3/t10-/m1/s1. The first-order chi connectivity index (χ1) is 8.59. The maximum Gasteiger partial charge on any atom is 0.146 e. The van der Waals surface area contributed by atoms with E-state index in [4.69, 9.17) is 0 Å². The van der Waals surface area contributed by atoms with Crippen molar-refractivity contribution in [2.45, 2.75) is 13.0 Å². The number of aliphatic hydroxyl groups is 1. The summed E-state index contributed by atoms with van der Waals surface area (Å²) >= 11 is 0. The average molecular weight is 246 g/mol. The monoisotopic (exact) mass is 246 g/mol. The average Bonchev–Trinajstić information content (AvgIpc) is 2.38. The Kier molecular flexibility index (Phi) is 3.58. The van der Waals surface area contributed by atoms with Crippen LogP contribution in [0.25, 0.3) is 0 Å². The Bertz CT molecular complexity index is 526. The summed E-state index contributed by atoms with van der Waals surface area (Å²) < 4.78 is 13.6. The van der Waals surface area contributed by atoms with E-state index in [0.29, 0.717) is 11.5 Å². The Labute approximate surface area is 106 Å². The van der Waals surface area contributed by atoms with Crippen molar-refractivity contribution in [2.75, 3.05) is 11.9 Å². The molecule has 0 saturated carbocycles. The van der Waals surface area contributed by atoms with Gasteiger partial charge in [-0.2, -0.15) is 0 Å². The Hall–Kier alpha value is -1.94. The van der Waals surface area contributed by atoms with E-state index in [1.807, 2.05) is 0 Å². The third-order valence-electron chi connectivity index (χ3n) is 2.81. The molecule has 94 valence electrons. The van der Waals surface area contributed by atoms with Crippen molar-refractivity contribution in [1.29, 1.82) is 0 Å². The highest BCUT2D eigenvalue weighted by molar-refractivity contribution is 5.59. The number of aliphatic hydroxyl groups excluding tert-OH is 1. The van der Waals surface area contributed by atoms with E-state index < -0.39 is 6.10 Å². The van der Waals surface area contributed by atoms with Gasteiger partial charge in [0.15, 0.2) is 0 Å². The lowest BCUT2D eigenvalue weighted by Gasteiger charge is -2.19. The Balaban J connectivity index is 2.29. The molecule has 0 aliphatic heterocycles. The number of hydrogen-bond acceptors (Lipinski definition) is 3. The van der Waals surface area contributed by atoms with Crippen LogP contribution in [-0.4, -0.2) is 17.1 Å². The van der Waals surface area contributed by atoms with Crippen LogP contribution in [0.4, 0.5) is 15.9 Å². The van der Waals surface area contributed by atoms with E-state index in [0.717, 1.165) is 5.56 Å². The minimum absolute atomic E-state index is 0.290. The number of hydrogen-bond donors (Lipinski definition) is 1. The Morgan fingerprint density at radius 1 is 1.22 bits per heavy atom. The molecule has 0 bridgehead atoms. The second-order valence-electron chi connectivity index (χ2n) is 4.14. The lowest BCUT2D eigenvalue weighted by molar-refractivity contribution is 0.199. The Morgan fingerprint density at radius 3 is 2.50 bits per heavy atom. The summed E-state index contributed by atoms with van der Waals surface area (Å²) in [5.41, 5.74) is 1.20. The van der Waals surface area contributed by atoms with Gasteiger partial charge in [0.1, 0.15) is 11.6 Å². The summed E-state index contributed by atoms with van der Waals surface area (Å²) in [6, 6.07) is 10.1. The van der Waals surface area contributed by atoms with Gasteiger partial charge in [0.2, 0.25) is 0 Å². The fourth-order valence-corrected chi connectivity index (χ4v) is 1.69. The minimum atomic E-state index is -0.551. The molecule has 1 heterocycles. The van der Waals surface area contributed by atoms with E-state index >= 15 is 0 Å². The molecule has 0 aliphatic rings. The van der Waals surface area contributed by atoms with Gasteiger partial charge in [0.05, 0.1) is 11.8 Å². The largest absolute Gasteiger partial charge is 0.389 e. The van der Waals surface area contributed by atoms with Crippen molar-refractivity contribution in [3.8, 4) is 0 Å². The lowest BCUT2D eigenvalue weighted by atomic mass is 10.2. The van der Waals surface area contributed by atoms with E-state index in [1.165, 1.54) is 6.07 Å². The van der Waals surface area contributed by atoms with Crippen LogP contribution >= 0.6 is 0 Å². The van der Waals surface area contributed by atoms with Crippen LogP contribution in [0.3, 0.4) is 0 Å². The summed E-state index contributed by atoms with van der Waals surface area (Å²) in [7, 11) is 1.75. The van der Waals surface area contributed by atoms with E-state index in [-0.39, 0.29) is 5.82 Å². The summed E-state index contributed by atoms with van der Waals surface area (Å²) in [6.07, 6.45) is 1.04. The quantitative estimate of drug-likeness (QED) is 0.904. The maximum absolute atomic E-state index is 13.6. The SMILES string of the molecule is C[C@@H](O)c1ccc(N(C)c2ccccc2F)nc1. The van der Waals surface area contributed by atoms with Crippen molar-refractivity contribution in [1.82, 2.24) is 4.98 Å². The molecule has 1 aromatic carbocycles. The van der Waals surface area contributed by atoms with Gasteiger partial charge in [0.25, 0.3) is 0 Å². The molecule has 2 aromatic rings. The second kappa shape index (κ2) is 5.14. The predicted molar refractivity (Wildman–Crippen MR) is 69.3 cm³/mol. The molecule has 0 saturated heterocycles. The summed E-state index contributed by atoms with van der Waals surface area (Å²) in [6.45, 7) is 1.68. The molecule has 3 nitrogen and oxygen atoms in total. The van der Waals surface area contributed by atoms with E-state index in [2.05, 4.69) is 4.98 Å². The third kappa shape index (κ3) is 2.49. The maximum atomic E-state index is 13.6. The van der Waals surface area contributed by atoms with Gasteiger partial charge in [-0.25, -0.2) is 9.37 Å². The van der Waals surface area contributed by atoms with Crippen LogP contribution in [0.1, 0.15) is 18.6 Å². The topological polar surface area (TPSA) is 36.4 Å². The minimum Gasteiger partial charge on any atom is -0.389 e. The number of halogens is 1. The Morgan fingerprint density at radius 2 is 1.94 bits per heavy atom. The molecule has 0 aliphatic carbocycles. The predicted octanol–water partition coefficient (Wildman–Crippen LogP) is 3.04. The molecule has 1 aromatic heterocycles. The molecule has 0 spiro atoms. The fraction of sp³-hybridized carbons (Fsp3) is 0.214. The number of pyridine rings is 1. The highest BCUT2D eigenvalue weighted by Gasteiger charge is 2.10. The van der Waals surface area contributed by atoms with Crippen molar-refractivity contribution in [3.05, 3.63) is 54.0 Å². The van der Waals surface area contributed by atoms with Gasteiger partial charge < -0.3 is 10.0 Å². The van der Waals surface area contributed by atoms with Gasteiger partial charge in [0, 0.05) is 13.2 Å². The highest BCUT2D eigenvalue weighted by atomic mass is 19.1. The zero-order valence-corrected chi connectivity index (χ0v) is 10.3. The number of para-hydroxylation sites is 1. The molecule has 18 heavy (non-hydrogen) atoms. The zero-order chi connectivity index (χ0) is 13.1. The first-order valence-corrected chi connectivity index (χ1v) is 5.72. The number of anilines is 2. The number of benzene rings is 1. The van der Waals surface area contributed by atoms with Crippen LogP contribution in [0.5, 0.6) is 0 Å². The van der Waals surface area contributed by atoms with Crippen molar-refractivity contribution < 1.29 is 9.50 Å². The van der Waals surface area contributed by atoms with Gasteiger partial charge in [-0.3, -0.25) is 0 Å². The van der Waals surface area contributed by atoms with E-state index in [1.54, 1.807) is 55.4 Å². The molecule has 0 unspecified atom stereocenters. The number of nitrogens with zero attached hydrogens (tertiary/aromatic N) is 2. The molecular weight excluding hydrogens is 231 g/mol. The number of rotatable bonds is 3. The number of aromatic nitrogens is 1. The van der Waals surface area contributed by atoms with Crippen LogP contribution < -0.4 is 4.90 Å². The molecule has 4 heteroatoms. The second-order valence-corrected chi connectivity index (χ2v) is 4.14. The summed E-state index contributed by atoms with van der Waals surface area (Å²) in [5.74, 6) is 0.339. The third-order valence-corrected chi connectivity index (χ3v) is 2.81. The van der Waals surface area contributed by atoms with E-state index in [9.17, 15) is 9.50 Å². The molecule has 1 N–H and O–H groups in total. The molecule has 0 radical (unpaired) electrons. The smallest absolute Gasteiger partial charge is 0.146 e. The van der Waals surface area contributed by atoms with Gasteiger partial charge >= 0.3 is 0 Å². The van der Waals surface area contributed by atoms with Crippen LogP contribution in [0.15, 0.2) is 42.6 Å². The summed E-state index contributed by atoms with van der Waals surface area (Å²) in [5, 5.41) is 9.40. The van der Waals surface area contributed by atoms with Crippen molar-refractivity contribution in [2.24, 2.45) is 0 Å². The first-order valence-electron chi connectivity index (χ1n) is 5.72. The zero-order valence-electron chi connectivity index (χ0n) is 10.3. The first kappa shape index (κ1) is 12.5. The molecule has 1 atom stereocenters. The molecule has 2 rings (SSSR count). The van der Waals surface area contributed by atoms with Crippen molar-refractivity contribution in [3.63, 3.8) is 0 Å². The molecule has 0 amide bonds. The fourth-order valence-electron chi connectivity index (χ4n) is 1.69. The summed E-state index contributed by atoms with van der Waals surface area (Å²) in [4.78, 5) is 5.88. The lowest BCUT2D eigenvalue weighted by Crippen LogP contribution is -2.12. The van der Waals surface area contributed by atoms with Crippen LogP contribution in [0, 0.1) is 5.82 Å². The molecular formula is C14H15FN2O. The van der Waals surface area contributed by atoms with Crippen molar-refractivity contribution >= 4 is 11.5 Å². The van der Waals surface area contributed by atoms with Gasteiger partial charge in [-0.1, -0.05) is 18.2 Å². The van der Waals surface area contributed by atoms with Crippen LogP contribution in [-0.2, 0) is 0 Å². The van der Waals surface area contributed by atoms with Crippen LogP contribution in [0.2, 0.25) is 0 Å². The highest BCUT2D eigenvalue weighted by Crippen LogP contribution is 2.24. The molecule has 0 fully saturated rings. The van der Waals surface area contributed by atoms with Gasteiger partial charge in [-0.05, 0) is 30.7 Å². The van der Waals surface area contributed by atoms with Gasteiger partial charge in [-0.15, -0.1) is 0 Å². The normalized spacial score (nSPS) is 12.2.